The molecule has 0 saturated heterocycles. The van der Waals surface area contributed by atoms with Crippen molar-refractivity contribution in [1.82, 2.24) is 0 Å². The average Bonchev–Trinajstić information content (AvgIpc) is 3.02. The first kappa shape index (κ1) is 16.9. The maximum atomic E-state index is 12.5. The van der Waals surface area contributed by atoms with E-state index in [-0.39, 0.29) is 18.4 Å². The maximum absolute atomic E-state index is 12.5. The molecule has 0 unspecified atom stereocenters. The summed E-state index contributed by atoms with van der Waals surface area (Å²) in [5.74, 6) is 0.838. The van der Waals surface area contributed by atoms with E-state index in [1.54, 1.807) is 25.1 Å². The summed E-state index contributed by atoms with van der Waals surface area (Å²) in [4.78, 5) is 12.2. The van der Waals surface area contributed by atoms with Crippen molar-refractivity contribution in [2.24, 2.45) is 0 Å². The summed E-state index contributed by atoms with van der Waals surface area (Å²) < 4.78 is 48.1. The number of nitrogens with one attached hydrogen (secondary N) is 2. The zero-order valence-corrected chi connectivity index (χ0v) is 13.2. The number of benzene rings is 2. The summed E-state index contributed by atoms with van der Waals surface area (Å²) in [6.07, 6.45) is -4.41. The molecule has 0 aromatic heterocycles. The molecule has 1 aliphatic heterocycles. The van der Waals surface area contributed by atoms with E-state index in [0.717, 1.165) is 12.1 Å². The van der Waals surface area contributed by atoms with Crippen molar-refractivity contribution in [2.45, 2.75) is 19.1 Å². The number of halogens is 3. The molecule has 2 N–H and O–H groups in total. The third kappa shape index (κ3) is 3.96. The van der Waals surface area contributed by atoms with E-state index in [2.05, 4.69) is 10.6 Å². The molecule has 2 aromatic rings. The van der Waals surface area contributed by atoms with E-state index in [4.69, 9.17) is 9.47 Å². The fraction of sp³-hybridized carbons (Fsp3) is 0.235. The molecule has 25 heavy (non-hydrogen) atoms. The summed E-state index contributed by atoms with van der Waals surface area (Å²) in [5, 5.41) is 5.57. The molecule has 1 aliphatic rings. The number of carbonyl (C=O) groups excluding carboxylic acids is 1. The third-order valence-electron chi connectivity index (χ3n) is 3.63. The molecule has 132 valence electrons. The normalized spacial score (nSPS) is 14.1. The second-order valence-corrected chi connectivity index (χ2v) is 5.50. The molecule has 0 spiro atoms. The lowest BCUT2D eigenvalue weighted by atomic mass is 10.2. The van der Waals surface area contributed by atoms with Crippen LogP contribution in [0.25, 0.3) is 0 Å². The number of ether oxygens (including phenoxy) is 2. The highest BCUT2D eigenvalue weighted by atomic mass is 19.4. The van der Waals surface area contributed by atoms with E-state index in [9.17, 15) is 18.0 Å². The molecule has 0 bridgehead atoms. The van der Waals surface area contributed by atoms with Gasteiger partial charge in [0.05, 0.1) is 5.56 Å². The Kier molecular flexibility index (Phi) is 4.43. The van der Waals surface area contributed by atoms with Gasteiger partial charge in [-0.15, -0.1) is 0 Å². The first-order valence-electron chi connectivity index (χ1n) is 7.47. The largest absolute Gasteiger partial charge is 0.454 e. The summed E-state index contributed by atoms with van der Waals surface area (Å²) in [6, 6.07) is 8.85. The van der Waals surface area contributed by atoms with Crippen LogP contribution in [0, 0.1) is 0 Å². The van der Waals surface area contributed by atoms with Gasteiger partial charge in [-0.3, -0.25) is 4.79 Å². The second-order valence-electron chi connectivity index (χ2n) is 5.50. The van der Waals surface area contributed by atoms with Crippen molar-refractivity contribution < 1.29 is 27.4 Å². The van der Waals surface area contributed by atoms with E-state index in [1.165, 1.54) is 12.1 Å². The Bertz CT molecular complexity index is 776. The smallest absolute Gasteiger partial charge is 0.416 e. The standard InChI is InChI=1S/C17H15F3N2O3/c1-10(21-13-6-7-14-15(8-13)25-9-24-14)16(23)22-12-4-2-11(3-5-12)17(18,19)20/h2-8,10,21H,9H2,1H3,(H,22,23)/t10-/m1/s1. The SMILES string of the molecule is C[C@@H](Nc1ccc2c(c1)OCO2)C(=O)Nc1ccc(C(F)(F)F)cc1. The van der Waals surface area contributed by atoms with Crippen LogP contribution < -0.4 is 20.1 Å². The van der Waals surface area contributed by atoms with Crippen LogP contribution in [-0.2, 0) is 11.0 Å². The molecule has 1 amide bonds. The topological polar surface area (TPSA) is 59.6 Å². The van der Waals surface area contributed by atoms with Gasteiger partial charge < -0.3 is 20.1 Å². The molecule has 1 heterocycles. The summed E-state index contributed by atoms with van der Waals surface area (Å²) in [6.45, 7) is 1.80. The van der Waals surface area contributed by atoms with Gasteiger partial charge >= 0.3 is 6.18 Å². The Balaban J connectivity index is 1.61. The van der Waals surface area contributed by atoms with Gasteiger partial charge in [0.2, 0.25) is 12.7 Å². The van der Waals surface area contributed by atoms with E-state index in [1.807, 2.05) is 0 Å². The number of amides is 1. The van der Waals surface area contributed by atoms with Gasteiger partial charge in [0.15, 0.2) is 11.5 Å². The van der Waals surface area contributed by atoms with Crippen molar-refractivity contribution in [3.05, 3.63) is 48.0 Å². The summed E-state index contributed by atoms with van der Waals surface area (Å²) in [7, 11) is 0. The zero-order valence-electron chi connectivity index (χ0n) is 13.2. The summed E-state index contributed by atoms with van der Waals surface area (Å²) in [5.41, 5.74) is 0.189. The van der Waals surface area contributed by atoms with Crippen LogP contribution in [0.1, 0.15) is 12.5 Å². The van der Waals surface area contributed by atoms with Gasteiger partial charge in [0.1, 0.15) is 6.04 Å². The molecule has 0 fully saturated rings. The lowest BCUT2D eigenvalue weighted by Gasteiger charge is -2.16. The lowest BCUT2D eigenvalue weighted by molar-refractivity contribution is -0.137. The average molecular weight is 352 g/mol. The van der Waals surface area contributed by atoms with Crippen molar-refractivity contribution in [1.29, 1.82) is 0 Å². The molecule has 5 nitrogen and oxygen atoms in total. The molecule has 0 saturated carbocycles. The van der Waals surface area contributed by atoms with E-state index < -0.39 is 17.8 Å². The fourth-order valence-electron chi connectivity index (χ4n) is 2.29. The highest BCUT2D eigenvalue weighted by Crippen LogP contribution is 2.34. The quantitative estimate of drug-likeness (QED) is 0.877. The minimum absolute atomic E-state index is 0.156. The molecular formula is C17H15F3N2O3. The minimum atomic E-state index is -4.41. The Morgan fingerprint density at radius 3 is 2.36 bits per heavy atom. The maximum Gasteiger partial charge on any atom is 0.416 e. The Labute approximate surface area is 141 Å². The van der Waals surface area contributed by atoms with Crippen molar-refractivity contribution >= 4 is 17.3 Å². The van der Waals surface area contributed by atoms with Gasteiger partial charge in [0, 0.05) is 17.4 Å². The van der Waals surface area contributed by atoms with Crippen molar-refractivity contribution in [3.8, 4) is 11.5 Å². The molecule has 0 radical (unpaired) electrons. The van der Waals surface area contributed by atoms with Crippen LogP contribution in [-0.4, -0.2) is 18.7 Å². The van der Waals surface area contributed by atoms with Gasteiger partial charge in [-0.25, -0.2) is 0 Å². The highest BCUT2D eigenvalue weighted by molar-refractivity contribution is 5.96. The Hall–Kier alpha value is -2.90. The Morgan fingerprint density at radius 1 is 1.04 bits per heavy atom. The monoisotopic (exact) mass is 352 g/mol. The van der Waals surface area contributed by atoms with Crippen LogP contribution in [0.5, 0.6) is 11.5 Å². The second kappa shape index (κ2) is 6.54. The summed E-state index contributed by atoms with van der Waals surface area (Å²) >= 11 is 0. The molecule has 2 aromatic carbocycles. The minimum Gasteiger partial charge on any atom is -0.454 e. The number of hydrogen-bond donors (Lipinski definition) is 2. The number of anilines is 2. The van der Waals surface area contributed by atoms with Gasteiger partial charge in [-0.05, 0) is 43.3 Å². The van der Waals surface area contributed by atoms with Gasteiger partial charge in [-0.2, -0.15) is 13.2 Å². The van der Waals surface area contributed by atoms with Crippen LogP contribution in [0.4, 0.5) is 24.5 Å². The number of fused-ring (bicyclic) bond motifs is 1. The first-order chi connectivity index (χ1) is 11.8. The van der Waals surface area contributed by atoms with Gasteiger partial charge in [0.25, 0.3) is 0 Å². The molecule has 0 aliphatic carbocycles. The predicted octanol–water partition coefficient (Wildman–Crippen LogP) is 3.87. The van der Waals surface area contributed by atoms with Crippen LogP contribution in [0.15, 0.2) is 42.5 Å². The third-order valence-corrected chi connectivity index (χ3v) is 3.63. The van der Waals surface area contributed by atoms with Crippen molar-refractivity contribution in [3.63, 3.8) is 0 Å². The number of carbonyl (C=O) groups is 1. The van der Waals surface area contributed by atoms with E-state index >= 15 is 0 Å². The number of hydrogen-bond acceptors (Lipinski definition) is 4. The predicted molar refractivity (Wildman–Crippen MR) is 85.7 cm³/mol. The molecular weight excluding hydrogens is 337 g/mol. The Morgan fingerprint density at radius 2 is 1.68 bits per heavy atom. The van der Waals surface area contributed by atoms with Crippen LogP contribution >= 0.6 is 0 Å². The number of alkyl halides is 3. The van der Waals surface area contributed by atoms with Crippen LogP contribution in [0.2, 0.25) is 0 Å². The molecule has 8 heteroatoms. The lowest BCUT2D eigenvalue weighted by Crippen LogP contribution is -2.31. The van der Waals surface area contributed by atoms with Crippen molar-refractivity contribution in [2.75, 3.05) is 17.4 Å². The zero-order chi connectivity index (χ0) is 18.0. The highest BCUT2D eigenvalue weighted by Gasteiger charge is 2.30. The number of rotatable bonds is 4. The van der Waals surface area contributed by atoms with Gasteiger partial charge in [-0.1, -0.05) is 0 Å². The molecule has 1 atom stereocenters. The molecule has 3 rings (SSSR count). The van der Waals surface area contributed by atoms with Crippen LogP contribution in [0.3, 0.4) is 0 Å². The first-order valence-corrected chi connectivity index (χ1v) is 7.47. The fourth-order valence-corrected chi connectivity index (χ4v) is 2.29. The van der Waals surface area contributed by atoms with E-state index in [0.29, 0.717) is 17.2 Å².